The third-order valence-corrected chi connectivity index (χ3v) is 5.35. The van der Waals surface area contributed by atoms with Crippen LogP contribution in [0.25, 0.3) is 0 Å². The van der Waals surface area contributed by atoms with E-state index in [0.29, 0.717) is 25.6 Å². The van der Waals surface area contributed by atoms with Gasteiger partial charge in [0.15, 0.2) is 0 Å². The van der Waals surface area contributed by atoms with Gasteiger partial charge in [0.2, 0.25) is 5.91 Å². The maximum Gasteiger partial charge on any atom is 0.316 e. The molecule has 3 N–H and O–H groups in total. The van der Waals surface area contributed by atoms with Crippen molar-refractivity contribution in [3.63, 3.8) is 0 Å². The first-order chi connectivity index (χ1) is 13.8. The SMILES string of the molecule is NC1CCN(c2cc3c(cc2F)CC(C(=O)O)C(=O)N3c2ccc(F)cc2F)C1. The van der Waals surface area contributed by atoms with Crippen molar-refractivity contribution in [2.75, 3.05) is 22.9 Å². The lowest BCUT2D eigenvalue weighted by atomic mass is 9.90. The highest BCUT2D eigenvalue weighted by Gasteiger charge is 2.40. The Morgan fingerprint density at radius 2 is 1.79 bits per heavy atom. The fourth-order valence-corrected chi connectivity index (χ4v) is 3.90. The number of carbonyl (C=O) groups excluding carboxylic acids is 1. The van der Waals surface area contributed by atoms with Gasteiger partial charge in [-0.3, -0.25) is 14.5 Å². The number of carboxylic acids is 1. The second kappa shape index (κ2) is 7.07. The first-order valence-electron chi connectivity index (χ1n) is 9.11. The van der Waals surface area contributed by atoms with Crippen molar-refractivity contribution in [3.05, 3.63) is 53.3 Å². The van der Waals surface area contributed by atoms with Crippen LogP contribution < -0.4 is 15.5 Å². The summed E-state index contributed by atoms with van der Waals surface area (Å²) in [4.78, 5) is 27.1. The Labute approximate surface area is 164 Å². The number of anilines is 3. The third kappa shape index (κ3) is 3.31. The van der Waals surface area contributed by atoms with Gasteiger partial charge in [0.25, 0.3) is 0 Å². The van der Waals surface area contributed by atoms with E-state index in [9.17, 15) is 27.9 Å². The highest BCUT2D eigenvalue weighted by atomic mass is 19.1. The van der Waals surface area contributed by atoms with Crippen LogP contribution in [0.4, 0.5) is 30.2 Å². The number of hydrogen-bond acceptors (Lipinski definition) is 4. The number of nitrogens with two attached hydrogens (primary N) is 1. The van der Waals surface area contributed by atoms with Gasteiger partial charge < -0.3 is 15.7 Å². The number of halogens is 3. The molecule has 1 amide bonds. The lowest BCUT2D eigenvalue weighted by molar-refractivity contribution is -0.146. The molecule has 1 fully saturated rings. The van der Waals surface area contributed by atoms with Crippen LogP contribution in [0.5, 0.6) is 0 Å². The number of benzene rings is 2. The minimum absolute atomic E-state index is 0.117. The van der Waals surface area contributed by atoms with Gasteiger partial charge in [-0.15, -0.1) is 0 Å². The number of hydrogen-bond donors (Lipinski definition) is 2. The van der Waals surface area contributed by atoms with Gasteiger partial charge in [-0.05, 0) is 42.7 Å². The molecule has 2 heterocycles. The number of aliphatic carboxylic acids is 1. The van der Waals surface area contributed by atoms with Crippen molar-refractivity contribution in [1.29, 1.82) is 0 Å². The van der Waals surface area contributed by atoms with E-state index < -0.39 is 35.2 Å². The van der Waals surface area contributed by atoms with Crippen LogP contribution in [0.15, 0.2) is 30.3 Å². The zero-order valence-corrected chi connectivity index (χ0v) is 15.2. The minimum atomic E-state index is -1.50. The Hall–Kier alpha value is -3.07. The van der Waals surface area contributed by atoms with Crippen molar-refractivity contribution >= 4 is 28.9 Å². The maximum absolute atomic E-state index is 14.8. The largest absolute Gasteiger partial charge is 0.481 e. The van der Waals surface area contributed by atoms with Crippen molar-refractivity contribution in [3.8, 4) is 0 Å². The molecule has 4 rings (SSSR count). The summed E-state index contributed by atoms with van der Waals surface area (Å²) in [6, 6.07) is 5.10. The standard InChI is InChI=1S/C20H18F3N3O3/c21-11-1-2-16(15(23)7-11)26-17-8-18(25-4-3-12(24)9-25)14(22)6-10(17)5-13(19(26)27)20(28)29/h1-2,6-8,12-13H,3-5,9,24H2,(H,28,29). The average molecular weight is 405 g/mol. The number of amides is 1. The topological polar surface area (TPSA) is 86.9 Å². The van der Waals surface area contributed by atoms with Crippen molar-refractivity contribution in [2.24, 2.45) is 11.7 Å². The fourth-order valence-electron chi connectivity index (χ4n) is 3.90. The number of nitrogens with zero attached hydrogens (tertiary/aromatic N) is 2. The van der Waals surface area contributed by atoms with Gasteiger partial charge in [0.05, 0.1) is 17.1 Å². The number of carboxylic acid groups (broad SMARTS) is 1. The Bertz CT molecular complexity index is 1010. The number of rotatable bonds is 3. The van der Waals surface area contributed by atoms with Gasteiger partial charge in [-0.1, -0.05) is 0 Å². The molecular formula is C20H18F3N3O3. The molecule has 0 aliphatic carbocycles. The first-order valence-corrected chi connectivity index (χ1v) is 9.11. The second-order valence-corrected chi connectivity index (χ2v) is 7.29. The predicted molar refractivity (Wildman–Crippen MR) is 99.5 cm³/mol. The molecule has 2 atom stereocenters. The molecular weight excluding hydrogens is 387 g/mol. The molecule has 2 aromatic carbocycles. The molecule has 0 saturated carbocycles. The maximum atomic E-state index is 14.8. The van der Waals surface area contributed by atoms with Gasteiger partial charge >= 0.3 is 5.97 Å². The van der Waals surface area contributed by atoms with Gasteiger partial charge in [0.1, 0.15) is 23.4 Å². The summed E-state index contributed by atoms with van der Waals surface area (Å²) in [6.07, 6.45) is 0.451. The summed E-state index contributed by atoms with van der Waals surface area (Å²) in [5.41, 5.74) is 6.24. The molecule has 29 heavy (non-hydrogen) atoms. The number of fused-ring (bicyclic) bond motifs is 1. The molecule has 2 unspecified atom stereocenters. The van der Waals surface area contributed by atoms with E-state index in [1.165, 1.54) is 12.1 Å². The third-order valence-electron chi connectivity index (χ3n) is 5.35. The van der Waals surface area contributed by atoms with Crippen LogP contribution in [-0.2, 0) is 16.0 Å². The normalized spacial score (nSPS) is 21.4. The lowest BCUT2D eigenvalue weighted by Crippen LogP contribution is -2.42. The first kappa shape index (κ1) is 19.3. The summed E-state index contributed by atoms with van der Waals surface area (Å²) < 4.78 is 42.6. The molecule has 2 aliphatic rings. The summed E-state index contributed by atoms with van der Waals surface area (Å²) in [6.45, 7) is 0.944. The Morgan fingerprint density at radius 1 is 1.07 bits per heavy atom. The zero-order valence-electron chi connectivity index (χ0n) is 15.2. The Morgan fingerprint density at radius 3 is 2.41 bits per heavy atom. The molecule has 0 bridgehead atoms. The van der Waals surface area contributed by atoms with Crippen LogP contribution in [0, 0.1) is 23.4 Å². The van der Waals surface area contributed by atoms with E-state index in [-0.39, 0.29) is 35.1 Å². The van der Waals surface area contributed by atoms with Crippen LogP contribution in [-0.4, -0.2) is 36.1 Å². The molecule has 2 aliphatic heterocycles. The van der Waals surface area contributed by atoms with Crippen molar-refractivity contribution < 1.29 is 27.9 Å². The summed E-state index contributed by atoms with van der Waals surface area (Å²) >= 11 is 0. The zero-order chi connectivity index (χ0) is 20.9. The molecule has 0 aromatic heterocycles. The molecule has 0 radical (unpaired) electrons. The van der Waals surface area contributed by atoms with E-state index in [2.05, 4.69) is 0 Å². The average Bonchev–Trinajstić information content (AvgIpc) is 3.08. The molecule has 0 spiro atoms. The summed E-state index contributed by atoms with van der Waals surface area (Å²) in [5, 5.41) is 9.42. The van der Waals surface area contributed by atoms with Gasteiger partial charge in [0, 0.05) is 25.2 Å². The monoisotopic (exact) mass is 405 g/mol. The molecule has 1 saturated heterocycles. The highest BCUT2D eigenvalue weighted by molar-refractivity contribution is 6.12. The van der Waals surface area contributed by atoms with Crippen molar-refractivity contribution in [2.45, 2.75) is 18.9 Å². The Balaban J connectivity index is 1.88. The number of carbonyl (C=O) groups is 2. The van der Waals surface area contributed by atoms with Crippen LogP contribution in [0.1, 0.15) is 12.0 Å². The molecule has 152 valence electrons. The molecule has 6 nitrogen and oxygen atoms in total. The van der Waals surface area contributed by atoms with E-state index in [1.807, 2.05) is 0 Å². The molecule has 2 aromatic rings. The quantitative estimate of drug-likeness (QED) is 0.767. The lowest BCUT2D eigenvalue weighted by Gasteiger charge is -2.34. The van der Waals surface area contributed by atoms with E-state index in [0.717, 1.165) is 17.0 Å². The summed E-state index contributed by atoms with van der Waals surface area (Å²) in [7, 11) is 0. The van der Waals surface area contributed by atoms with E-state index in [4.69, 9.17) is 5.73 Å². The minimum Gasteiger partial charge on any atom is -0.481 e. The fraction of sp³-hybridized carbons (Fsp3) is 0.300. The molecule has 9 heteroatoms. The second-order valence-electron chi connectivity index (χ2n) is 7.29. The van der Waals surface area contributed by atoms with Gasteiger partial charge in [-0.25, -0.2) is 13.2 Å². The summed E-state index contributed by atoms with van der Waals surface area (Å²) in [5.74, 6) is -6.20. The Kier molecular flexibility index (Phi) is 4.70. The van der Waals surface area contributed by atoms with Crippen molar-refractivity contribution in [1.82, 2.24) is 0 Å². The van der Waals surface area contributed by atoms with E-state index in [1.54, 1.807) is 4.90 Å². The smallest absolute Gasteiger partial charge is 0.316 e. The van der Waals surface area contributed by atoms with Crippen LogP contribution in [0.2, 0.25) is 0 Å². The van der Waals surface area contributed by atoms with Crippen LogP contribution >= 0.6 is 0 Å². The van der Waals surface area contributed by atoms with Crippen LogP contribution in [0.3, 0.4) is 0 Å². The highest BCUT2D eigenvalue weighted by Crippen LogP contribution is 2.41. The van der Waals surface area contributed by atoms with Gasteiger partial charge in [-0.2, -0.15) is 0 Å². The van der Waals surface area contributed by atoms with E-state index >= 15 is 0 Å². The predicted octanol–water partition coefficient (Wildman–Crippen LogP) is 2.56.